The van der Waals surface area contributed by atoms with Crippen LogP contribution in [0.4, 0.5) is 10.5 Å². The summed E-state index contributed by atoms with van der Waals surface area (Å²) in [4.78, 5) is 19.6. The SMILES string of the molecule is CC(C)(C)OC(=O)N1CC(C)(COCc2ccccc2)c2cnc(Cc3ccccc3)cc21. The number of rotatable bonds is 6. The van der Waals surface area contributed by atoms with Crippen LogP contribution in [-0.4, -0.2) is 29.8 Å². The third-order valence-electron chi connectivity index (χ3n) is 5.76. The van der Waals surface area contributed by atoms with Crippen molar-refractivity contribution in [2.24, 2.45) is 0 Å². The average Bonchev–Trinajstić information content (AvgIpc) is 3.06. The van der Waals surface area contributed by atoms with Crippen molar-refractivity contribution in [1.29, 1.82) is 0 Å². The first kappa shape index (κ1) is 23.0. The molecule has 4 rings (SSSR count). The van der Waals surface area contributed by atoms with Gasteiger partial charge >= 0.3 is 6.09 Å². The van der Waals surface area contributed by atoms with Gasteiger partial charge in [-0.15, -0.1) is 0 Å². The molecule has 1 atom stereocenters. The Labute approximate surface area is 196 Å². The third-order valence-corrected chi connectivity index (χ3v) is 5.76. The number of amides is 1. The Morgan fingerprint density at radius 3 is 2.30 bits per heavy atom. The molecule has 0 spiro atoms. The van der Waals surface area contributed by atoms with Crippen molar-refractivity contribution < 1.29 is 14.3 Å². The van der Waals surface area contributed by atoms with Crippen LogP contribution in [0.1, 0.15) is 50.1 Å². The second kappa shape index (κ2) is 9.36. The van der Waals surface area contributed by atoms with Gasteiger partial charge in [-0.1, -0.05) is 67.6 Å². The molecule has 1 aliphatic rings. The molecule has 0 saturated carbocycles. The molecule has 1 unspecified atom stereocenters. The highest BCUT2D eigenvalue weighted by atomic mass is 16.6. The first-order valence-electron chi connectivity index (χ1n) is 11.4. The number of fused-ring (bicyclic) bond motifs is 1. The van der Waals surface area contributed by atoms with Crippen molar-refractivity contribution >= 4 is 11.8 Å². The van der Waals surface area contributed by atoms with Gasteiger partial charge in [0.2, 0.25) is 0 Å². The highest BCUT2D eigenvalue weighted by molar-refractivity contribution is 5.91. The predicted octanol–water partition coefficient (Wildman–Crippen LogP) is 5.90. The van der Waals surface area contributed by atoms with E-state index in [-0.39, 0.29) is 11.5 Å². The zero-order chi connectivity index (χ0) is 23.5. The lowest BCUT2D eigenvalue weighted by Crippen LogP contribution is -2.40. The van der Waals surface area contributed by atoms with E-state index in [0.717, 1.165) is 22.5 Å². The molecule has 0 N–H and O–H groups in total. The smallest absolute Gasteiger partial charge is 0.414 e. The van der Waals surface area contributed by atoms with Crippen molar-refractivity contribution in [3.05, 3.63) is 95.3 Å². The van der Waals surface area contributed by atoms with Crippen molar-refractivity contribution in [3.8, 4) is 0 Å². The number of carbonyl (C=O) groups excluding carboxylic acids is 1. The minimum atomic E-state index is -0.569. The van der Waals surface area contributed by atoms with Gasteiger partial charge in [-0.05, 0) is 38.0 Å². The van der Waals surface area contributed by atoms with Gasteiger partial charge in [0.05, 0.1) is 18.9 Å². The molecule has 0 aliphatic carbocycles. The number of carbonyl (C=O) groups is 1. The zero-order valence-corrected chi connectivity index (χ0v) is 19.9. The van der Waals surface area contributed by atoms with E-state index >= 15 is 0 Å². The first-order chi connectivity index (χ1) is 15.7. The fourth-order valence-corrected chi connectivity index (χ4v) is 4.17. The summed E-state index contributed by atoms with van der Waals surface area (Å²) in [5.74, 6) is 0. The molecule has 0 bridgehead atoms. The van der Waals surface area contributed by atoms with E-state index in [1.54, 1.807) is 4.90 Å². The standard InChI is InChI=1S/C28H32N2O3/c1-27(2,3)33-26(31)30-19-28(4,20-32-18-22-13-9-6-10-14-22)24-17-29-23(16-25(24)30)15-21-11-7-5-8-12-21/h5-14,16-17H,15,18-20H2,1-4H3. The fraction of sp³-hybridized carbons (Fsp3) is 0.357. The minimum absolute atomic E-state index is 0.340. The van der Waals surface area contributed by atoms with Crippen LogP contribution >= 0.6 is 0 Å². The maximum atomic E-state index is 13.1. The number of anilines is 1. The fourth-order valence-electron chi connectivity index (χ4n) is 4.17. The molecule has 1 amide bonds. The summed E-state index contributed by atoms with van der Waals surface area (Å²) in [6.45, 7) is 9.28. The molecule has 5 nitrogen and oxygen atoms in total. The molecule has 0 fully saturated rings. The molecule has 1 aromatic heterocycles. The Morgan fingerprint density at radius 2 is 1.67 bits per heavy atom. The number of hydrogen-bond acceptors (Lipinski definition) is 4. The van der Waals surface area contributed by atoms with Gasteiger partial charge in [-0.25, -0.2) is 4.79 Å². The Hall–Kier alpha value is -3.18. The quantitative estimate of drug-likeness (QED) is 0.475. The Morgan fingerprint density at radius 1 is 1.03 bits per heavy atom. The molecule has 5 heteroatoms. The van der Waals surface area contributed by atoms with E-state index in [0.29, 0.717) is 26.2 Å². The van der Waals surface area contributed by atoms with Crippen LogP contribution in [0.3, 0.4) is 0 Å². The second-order valence-corrected chi connectivity index (χ2v) is 9.96. The molecule has 1 aliphatic heterocycles. The highest BCUT2D eigenvalue weighted by Gasteiger charge is 2.43. The van der Waals surface area contributed by atoms with Crippen molar-refractivity contribution in [2.45, 2.75) is 51.7 Å². The van der Waals surface area contributed by atoms with E-state index in [1.807, 2.05) is 69.4 Å². The minimum Gasteiger partial charge on any atom is -0.443 e. The molecule has 2 heterocycles. The largest absolute Gasteiger partial charge is 0.443 e. The maximum Gasteiger partial charge on any atom is 0.414 e. The molecule has 172 valence electrons. The lowest BCUT2D eigenvalue weighted by atomic mass is 9.86. The molecule has 0 saturated heterocycles. The van der Waals surface area contributed by atoms with Gasteiger partial charge in [0.25, 0.3) is 0 Å². The van der Waals surface area contributed by atoms with Crippen molar-refractivity contribution in [2.75, 3.05) is 18.1 Å². The average molecular weight is 445 g/mol. The zero-order valence-electron chi connectivity index (χ0n) is 19.9. The van der Waals surface area contributed by atoms with E-state index in [9.17, 15) is 4.79 Å². The summed E-state index contributed by atoms with van der Waals surface area (Å²) in [6, 6.07) is 22.4. The van der Waals surface area contributed by atoms with E-state index in [4.69, 9.17) is 14.5 Å². The summed E-state index contributed by atoms with van der Waals surface area (Å²) < 4.78 is 11.8. The second-order valence-electron chi connectivity index (χ2n) is 9.96. The van der Waals surface area contributed by atoms with Crippen LogP contribution in [-0.2, 0) is 27.9 Å². The molecule has 3 aromatic rings. The lowest BCUT2D eigenvalue weighted by molar-refractivity contribution is 0.0552. The third kappa shape index (κ3) is 5.60. The van der Waals surface area contributed by atoms with Gasteiger partial charge < -0.3 is 9.47 Å². The summed E-state index contributed by atoms with van der Waals surface area (Å²) in [5, 5.41) is 0. The number of pyridine rings is 1. The molecule has 0 radical (unpaired) electrons. The van der Waals surface area contributed by atoms with Crippen LogP contribution < -0.4 is 4.90 Å². The van der Waals surface area contributed by atoms with Gasteiger partial charge in [0.15, 0.2) is 0 Å². The van der Waals surface area contributed by atoms with Gasteiger partial charge in [0, 0.05) is 35.8 Å². The predicted molar refractivity (Wildman–Crippen MR) is 131 cm³/mol. The lowest BCUT2D eigenvalue weighted by Gasteiger charge is -2.27. The van der Waals surface area contributed by atoms with Gasteiger partial charge in [-0.3, -0.25) is 9.88 Å². The first-order valence-corrected chi connectivity index (χ1v) is 11.4. The molecule has 2 aromatic carbocycles. The number of aromatic nitrogens is 1. The Kier molecular flexibility index (Phi) is 6.52. The monoisotopic (exact) mass is 444 g/mol. The van der Waals surface area contributed by atoms with Crippen LogP contribution in [0.2, 0.25) is 0 Å². The van der Waals surface area contributed by atoms with E-state index in [1.165, 1.54) is 5.56 Å². The van der Waals surface area contributed by atoms with Crippen molar-refractivity contribution in [3.63, 3.8) is 0 Å². The summed E-state index contributed by atoms with van der Waals surface area (Å²) in [6.07, 6.45) is 2.27. The maximum absolute atomic E-state index is 13.1. The summed E-state index contributed by atoms with van der Waals surface area (Å²) in [7, 11) is 0. The van der Waals surface area contributed by atoms with E-state index in [2.05, 4.69) is 31.2 Å². The molecule has 33 heavy (non-hydrogen) atoms. The normalized spacial score (nSPS) is 17.6. The highest BCUT2D eigenvalue weighted by Crippen LogP contribution is 2.42. The Bertz CT molecular complexity index is 1090. The Balaban J connectivity index is 1.59. The van der Waals surface area contributed by atoms with Crippen LogP contribution in [0.15, 0.2) is 72.9 Å². The number of benzene rings is 2. The molecular weight excluding hydrogens is 412 g/mol. The van der Waals surface area contributed by atoms with Crippen LogP contribution in [0.5, 0.6) is 0 Å². The van der Waals surface area contributed by atoms with Crippen LogP contribution in [0.25, 0.3) is 0 Å². The number of nitrogens with zero attached hydrogens (tertiary/aromatic N) is 2. The van der Waals surface area contributed by atoms with E-state index < -0.39 is 5.60 Å². The summed E-state index contributed by atoms with van der Waals surface area (Å²) >= 11 is 0. The topological polar surface area (TPSA) is 51.7 Å². The molecular formula is C28H32N2O3. The van der Waals surface area contributed by atoms with Crippen LogP contribution in [0, 0.1) is 0 Å². The summed E-state index contributed by atoms with van der Waals surface area (Å²) in [5.41, 5.74) is 4.15. The van der Waals surface area contributed by atoms with Gasteiger partial charge in [0.1, 0.15) is 5.60 Å². The number of hydrogen-bond donors (Lipinski definition) is 0. The number of ether oxygens (including phenoxy) is 2. The van der Waals surface area contributed by atoms with Crippen molar-refractivity contribution in [1.82, 2.24) is 4.98 Å². The van der Waals surface area contributed by atoms with Gasteiger partial charge in [-0.2, -0.15) is 0 Å².